The predicted octanol–water partition coefficient (Wildman–Crippen LogP) is 1.15. The Labute approximate surface area is 77.5 Å². The highest BCUT2D eigenvalue weighted by atomic mass is 16.2. The Kier molecular flexibility index (Phi) is 2.96. The van der Waals surface area contributed by atoms with Crippen LogP contribution >= 0.6 is 0 Å². The first-order valence-corrected chi connectivity index (χ1v) is 4.64. The van der Waals surface area contributed by atoms with Gasteiger partial charge in [0.1, 0.15) is 5.78 Å². The standard InChI is InChI=1S/C10H14O3/c1-6(2)9(12)7-4-3-5-8(11)10(7)13/h6-7H,3-5H2,1-2H3. The molecule has 1 unspecified atom stereocenters. The van der Waals surface area contributed by atoms with E-state index in [2.05, 4.69) is 0 Å². The molecule has 1 rings (SSSR count). The van der Waals surface area contributed by atoms with Crippen LogP contribution in [0.15, 0.2) is 0 Å². The lowest BCUT2D eigenvalue weighted by atomic mass is 9.81. The molecule has 0 radical (unpaired) electrons. The summed E-state index contributed by atoms with van der Waals surface area (Å²) in [6.07, 6.45) is 1.55. The lowest BCUT2D eigenvalue weighted by Gasteiger charge is -2.19. The summed E-state index contributed by atoms with van der Waals surface area (Å²) in [6.45, 7) is 3.52. The first-order valence-electron chi connectivity index (χ1n) is 4.64. The van der Waals surface area contributed by atoms with Crippen molar-refractivity contribution in [1.29, 1.82) is 0 Å². The lowest BCUT2D eigenvalue weighted by Crippen LogP contribution is -2.35. The number of Topliss-reactive ketones (excluding diaryl/α,β-unsaturated/α-hetero) is 3. The fourth-order valence-electron chi connectivity index (χ4n) is 1.59. The molecule has 0 aromatic carbocycles. The van der Waals surface area contributed by atoms with E-state index in [1.807, 2.05) is 0 Å². The number of carbonyl (C=O) groups excluding carboxylic acids is 3. The molecule has 1 atom stereocenters. The molecule has 0 aliphatic heterocycles. The van der Waals surface area contributed by atoms with Gasteiger partial charge in [-0.25, -0.2) is 0 Å². The molecule has 72 valence electrons. The van der Waals surface area contributed by atoms with Crippen LogP contribution in [0.1, 0.15) is 33.1 Å². The molecule has 1 fully saturated rings. The van der Waals surface area contributed by atoms with Gasteiger partial charge in [0.25, 0.3) is 0 Å². The first kappa shape index (κ1) is 10.1. The van der Waals surface area contributed by atoms with E-state index in [1.54, 1.807) is 13.8 Å². The monoisotopic (exact) mass is 182 g/mol. The molecule has 3 nitrogen and oxygen atoms in total. The second-order valence-corrected chi connectivity index (χ2v) is 3.79. The van der Waals surface area contributed by atoms with Crippen molar-refractivity contribution in [3.63, 3.8) is 0 Å². The van der Waals surface area contributed by atoms with E-state index in [4.69, 9.17) is 0 Å². The van der Waals surface area contributed by atoms with Gasteiger partial charge in [0.15, 0.2) is 5.78 Å². The molecule has 1 aliphatic rings. The van der Waals surface area contributed by atoms with Gasteiger partial charge in [-0.3, -0.25) is 14.4 Å². The number of rotatable bonds is 2. The number of hydrogen-bond donors (Lipinski definition) is 0. The van der Waals surface area contributed by atoms with Crippen molar-refractivity contribution in [2.75, 3.05) is 0 Å². The zero-order valence-electron chi connectivity index (χ0n) is 8.00. The van der Waals surface area contributed by atoms with Gasteiger partial charge in [0, 0.05) is 12.3 Å². The molecule has 3 heteroatoms. The summed E-state index contributed by atoms with van der Waals surface area (Å²) in [7, 11) is 0. The lowest BCUT2D eigenvalue weighted by molar-refractivity contribution is -0.145. The predicted molar refractivity (Wildman–Crippen MR) is 47.2 cm³/mol. The smallest absolute Gasteiger partial charge is 0.208 e. The molecule has 0 aromatic heterocycles. The summed E-state index contributed by atoms with van der Waals surface area (Å²) >= 11 is 0. The van der Waals surface area contributed by atoms with E-state index in [0.29, 0.717) is 19.3 Å². The molecule has 1 aliphatic carbocycles. The van der Waals surface area contributed by atoms with Gasteiger partial charge in [-0.2, -0.15) is 0 Å². The van der Waals surface area contributed by atoms with Crippen LogP contribution in [-0.2, 0) is 14.4 Å². The van der Waals surface area contributed by atoms with Gasteiger partial charge in [-0.15, -0.1) is 0 Å². The van der Waals surface area contributed by atoms with E-state index >= 15 is 0 Å². The van der Waals surface area contributed by atoms with Crippen LogP contribution in [0.25, 0.3) is 0 Å². The van der Waals surface area contributed by atoms with E-state index in [0.717, 1.165) is 0 Å². The van der Waals surface area contributed by atoms with Crippen molar-refractivity contribution in [3.05, 3.63) is 0 Å². The fraction of sp³-hybridized carbons (Fsp3) is 0.700. The van der Waals surface area contributed by atoms with Gasteiger partial charge in [-0.1, -0.05) is 13.8 Å². The zero-order valence-corrected chi connectivity index (χ0v) is 8.00. The minimum absolute atomic E-state index is 0.0851. The van der Waals surface area contributed by atoms with Gasteiger partial charge >= 0.3 is 0 Å². The molecular weight excluding hydrogens is 168 g/mol. The van der Waals surface area contributed by atoms with Crippen molar-refractivity contribution in [1.82, 2.24) is 0 Å². The van der Waals surface area contributed by atoms with Crippen molar-refractivity contribution in [3.8, 4) is 0 Å². The highest BCUT2D eigenvalue weighted by Gasteiger charge is 2.35. The molecule has 0 bridgehead atoms. The molecule has 0 heterocycles. The second kappa shape index (κ2) is 3.81. The third kappa shape index (κ3) is 2.02. The van der Waals surface area contributed by atoms with Crippen LogP contribution in [0.2, 0.25) is 0 Å². The molecule has 0 N–H and O–H groups in total. The van der Waals surface area contributed by atoms with E-state index in [1.165, 1.54) is 0 Å². The Bertz CT molecular complexity index is 253. The minimum atomic E-state index is -0.638. The van der Waals surface area contributed by atoms with Gasteiger partial charge in [-0.05, 0) is 12.8 Å². The van der Waals surface area contributed by atoms with Crippen molar-refractivity contribution in [2.45, 2.75) is 33.1 Å². The van der Waals surface area contributed by atoms with Crippen LogP contribution in [0.5, 0.6) is 0 Å². The van der Waals surface area contributed by atoms with Crippen LogP contribution in [-0.4, -0.2) is 17.3 Å². The number of hydrogen-bond acceptors (Lipinski definition) is 3. The Balaban J connectivity index is 2.74. The zero-order chi connectivity index (χ0) is 10.0. The summed E-state index contributed by atoms with van der Waals surface area (Å²) in [5.41, 5.74) is 0. The summed E-state index contributed by atoms with van der Waals surface area (Å²) in [4.78, 5) is 33.8. The summed E-state index contributed by atoms with van der Waals surface area (Å²) < 4.78 is 0. The molecule has 0 spiro atoms. The normalized spacial score (nSPS) is 23.8. The summed E-state index contributed by atoms with van der Waals surface area (Å²) in [5, 5.41) is 0. The Morgan fingerprint density at radius 1 is 1.38 bits per heavy atom. The van der Waals surface area contributed by atoms with Crippen LogP contribution in [0.3, 0.4) is 0 Å². The summed E-state index contributed by atoms with van der Waals surface area (Å²) in [5.74, 6) is -1.71. The largest absolute Gasteiger partial charge is 0.299 e. The van der Waals surface area contributed by atoms with Crippen LogP contribution < -0.4 is 0 Å². The maximum atomic E-state index is 11.5. The molecule has 1 saturated carbocycles. The first-order chi connectivity index (χ1) is 6.04. The highest BCUT2D eigenvalue weighted by molar-refractivity contribution is 6.42. The number of carbonyl (C=O) groups is 3. The Morgan fingerprint density at radius 3 is 2.54 bits per heavy atom. The van der Waals surface area contributed by atoms with Gasteiger partial charge in [0.2, 0.25) is 5.78 Å². The quantitative estimate of drug-likeness (QED) is 0.475. The number of ketones is 3. The van der Waals surface area contributed by atoms with Gasteiger partial charge in [0.05, 0.1) is 5.92 Å². The summed E-state index contributed by atoms with van der Waals surface area (Å²) in [6, 6.07) is 0. The molecular formula is C10H14O3. The maximum absolute atomic E-state index is 11.5. The molecule has 0 saturated heterocycles. The highest BCUT2D eigenvalue weighted by Crippen LogP contribution is 2.21. The van der Waals surface area contributed by atoms with Crippen molar-refractivity contribution in [2.24, 2.45) is 11.8 Å². The Hall–Kier alpha value is -0.990. The van der Waals surface area contributed by atoms with Crippen molar-refractivity contribution >= 4 is 17.3 Å². The fourth-order valence-corrected chi connectivity index (χ4v) is 1.59. The maximum Gasteiger partial charge on any atom is 0.208 e. The third-order valence-electron chi connectivity index (χ3n) is 2.40. The van der Waals surface area contributed by atoms with E-state index < -0.39 is 11.7 Å². The average molecular weight is 182 g/mol. The second-order valence-electron chi connectivity index (χ2n) is 3.79. The van der Waals surface area contributed by atoms with Crippen LogP contribution in [0.4, 0.5) is 0 Å². The van der Waals surface area contributed by atoms with E-state index in [9.17, 15) is 14.4 Å². The average Bonchev–Trinajstić information content (AvgIpc) is 2.08. The SMILES string of the molecule is CC(C)C(=O)C1CCCC(=O)C1=O. The Morgan fingerprint density at radius 2 is 2.00 bits per heavy atom. The van der Waals surface area contributed by atoms with Gasteiger partial charge < -0.3 is 0 Å². The van der Waals surface area contributed by atoms with E-state index in [-0.39, 0.29) is 17.5 Å². The molecule has 0 aromatic rings. The third-order valence-corrected chi connectivity index (χ3v) is 2.40. The van der Waals surface area contributed by atoms with Crippen LogP contribution in [0, 0.1) is 11.8 Å². The molecule has 0 amide bonds. The molecule has 13 heavy (non-hydrogen) atoms. The van der Waals surface area contributed by atoms with Crippen molar-refractivity contribution < 1.29 is 14.4 Å². The minimum Gasteiger partial charge on any atom is -0.299 e. The topological polar surface area (TPSA) is 51.2 Å².